The van der Waals surface area contributed by atoms with E-state index in [1.807, 2.05) is 0 Å². The standard InChI is InChI=1S/C14H12ClF2N3O/c1-19-14(21)13(15)12(6-18-19)20-5-4-8-9(7-20)11(17)3-2-10(8)16/h2-3,6H,4-5,7H2,1H3. The Balaban J connectivity index is 2.03. The molecule has 0 saturated heterocycles. The minimum atomic E-state index is -0.455. The Hall–Kier alpha value is -1.95. The van der Waals surface area contributed by atoms with E-state index in [1.54, 1.807) is 4.90 Å². The van der Waals surface area contributed by atoms with E-state index in [2.05, 4.69) is 5.10 Å². The summed E-state index contributed by atoms with van der Waals surface area (Å²) in [6, 6.07) is 2.25. The molecule has 1 aromatic heterocycles. The van der Waals surface area contributed by atoms with E-state index in [4.69, 9.17) is 11.6 Å². The third-order valence-electron chi connectivity index (χ3n) is 3.70. The zero-order valence-electron chi connectivity index (χ0n) is 11.2. The highest BCUT2D eigenvalue weighted by molar-refractivity contribution is 6.33. The Morgan fingerprint density at radius 3 is 2.62 bits per heavy atom. The molecule has 0 bridgehead atoms. The van der Waals surface area contributed by atoms with Gasteiger partial charge in [-0.25, -0.2) is 13.5 Å². The number of fused-ring (bicyclic) bond motifs is 1. The van der Waals surface area contributed by atoms with Crippen molar-refractivity contribution < 1.29 is 8.78 Å². The Bertz CT molecular complexity index is 776. The number of rotatable bonds is 1. The van der Waals surface area contributed by atoms with Gasteiger partial charge < -0.3 is 4.90 Å². The first-order valence-electron chi connectivity index (χ1n) is 6.41. The van der Waals surface area contributed by atoms with Crippen LogP contribution in [-0.4, -0.2) is 16.3 Å². The average Bonchev–Trinajstić information content (AvgIpc) is 2.49. The number of hydrogen-bond donors (Lipinski definition) is 0. The van der Waals surface area contributed by atoms with Gasteiger partial charge in [0.1, 0.15) is 16.7 Å². The van der Waals surface area contributed by atoms with Crippen molar-refractivity contribution in [2.75, 3.05) is 11.4 Å². The van der Waals surface area contributed by atoms with E-state index in [1.165, 1.54) is 13.2 Å². The molecule has 0 fully saturated rings. The summed E-state index contributed by atoms with van der Waals surface area (Å²) in [5.74, 6) is -0.858. The van der Waals surface area contributed by atoms with Crippen molar-refractivity contribution in [1.82, 2.24) is 9.78 Å². The molecule has 0 atom stereocenters. The lowest BCUT2D eigenvalue weighted by Crippen LogP contribution is -2.34. The van der Waals surface area contributed by atoms with Gasteiger partial charge in [0.25, 0.3) is 5.56 Å². The largest absolute Gasteiger partial charge is 0.364 e. The van der Waals surface area contributed by atoms with Crippen molar-refractivity contribution in [2.45, 2.75) is 13.0 Å². The smallest absolute Gasteiger partial charge is 0.287 e. The number of aromatic nitrogens is 2. The summed E-state index contributed by atoms with van der Waals surface area (Å²) in [7, 11) is 1.50. The van der Waals surface area contributed by atoms with Crippen molar-refractivity contribution in [3.05, 3.63) is 56.5 Å². The molecule has 2 heterocycles. The summed E-state index contributed by atoms with van der Waals surface area (Å²) in [4.78, 5) is 13.5. The molecule has 0 spiro atoms. The van der Waals surface area contributed by atoms with Crippen molar-refractivity contribution in [2.24, 2.45) is 7.05 Å². The van der Waals surface area contributed by atoms with E-state index < -0.39 is 17.2 Å². The van der Waals surface area contributed by atoms with Gasteiger partial charge in [0.15, 0.2) is 0 Å². The first kappa shape index (κ1) is 14.0. The fraction of sp³-hybridized carbons (Fsp3) is 0.286. The lowest BCUT2D eigenvalue weighted by atomic mass is 9.98. The second-order valence-electron chi connectivity index (χ2n) is 4.93. The zero-order chi connectivity index (χ0) is 15.1. The fourth-order valence-corrected chi connectivity index (χ4v) is 2.81. The Morgan fingerprint density at radius 2 is 1.90 bits per heavy atom. The minimum Gasteiger partial charge on any atom is -0.364 e. The monoisotopic (exact) mass is 311 g/mol. The molecule has 0 unspecified atom stereocenters. The molecule has 1 aliphatic heterocycles. The highest BCUT2D eigenvalue weighted by Crippen LogP contribution is 2.30. The lowest BCUT2D eigenvalue weighted by Gasteiger charge is -2.31. The predicted molar refractivity (Wildman–Crippen MR) is 75.6 cm³/mol. The molecule has 3 rings (SSSR count). The van der Waals surface area contributed by atoms with Crippen LogP contribution in [0.15, 0.2) is 23.1 Å². The molecule has 110 valence electrons. The predicted octanol–water partition coefficient (Wildman–Crippen LogP) is 2.27. The maximum absolute atomic E-state index is 13.9. The van der Waals surface area contributed by atoms with Crippen LogP contribution in [0.25, 0.3) is 0 Å². The molecular formula is C14H12ClF2N3O. The van der Waals surface area contributed by atoms with E-state index >= 15 is 0 Å². The molecule has 0 saturated carbocycles. The van der Waals surface area contributed by atoms with Crippen LogP contribution in [0.1, 0.15) is 11.1 Å². The minimum absolute atomic E-state index is 0.0350. The van der Waals surface area contributed by atoms with Crippen LogP contribution in [0.3, 0.4) is 0 Å². The molecule has 4 nitrogen and oxygen atoms in total. The van der Waals surface area contributed by atoms with Crippen molar-refractivity contribution in [3.63, 3.8) is 0 Å². The Labute approximate surface area is 124 Å². The van der Waals surface area contributed by atoms with Gasteiger partial charge in [0, 0.05) is 25.7 Å². The van der Waals surface area contributed by atoms with E-state index in [9.17, 15) is 13.6 Å². The molecule has 0 N–H and O–H groups in total. The summed E-state index contributed by atoms with van der Waals surface area (Å²) in [5.41, 5.74) is 0.714. The normalized spacial score (nSPS) is 14.2. The number of halogens is 3. The Morgan fingerprint density at radius 1 is 1.24 bits per heavy atom. The number of benzene rings is 1. The summed E-state index contributed by atoms with van der Waals surface area (Å²) in [6.07, 6.45) is 1.82. The van der Waals surface area contributed by atoms with Crippen LogP contribution in [-0.2, 0) is 20.0 Å². The van der Waals surface area contributed by atoms with Crippen LogP contribution in [0.2, 0.25) is 5.02 Å². The van der Waals surface area contributed by atoms with Crippen LogP contribution in [0.5, 0.6) is 0 Å². The highest BCUT2D eigenvalue weighted by atomic mass is 35.5. The number of nitrogens with zero attached hydrogens (tertiary/aromatic N) is 3. The number of anilines is 1. The topological polar surface area (TPSA) is 38.1 Å². The first-order valence-corrected chi connectivity index (χ1v) is 6.79. The number of aryl methyl sites for hydroxylation is 1. The van der Waals surface area contributed by atoms with Crippen molar-refractivity contribution >= 4 is 17.3 Å². The van der Waals surface area contributed by atoms with Gasteiger partial charge >= 0.3 is 0 Å². The van der Waals surface area contributed by atoms with Crippen LogP contribution in [0, 0.1) is 11.6 Å². The van der Waals surface area contributed by atoms with Gasteiger partial charge in [-0.3, -0.25) is 4.79 Å². The lowest BCUT2D eigenvalue weighted by molar-refractivity contribution is 0.549. The maximum atomic E-state index is 13.9. The van der Waals surface area contributed by atoms with E-state index in [-0.39, 0.29) is 11.6 Å². The van der Waals surface area contributed by atoms with Gasteiger partial charge in [0.2, 0.25) is 0 Å². The second kappa shape index (κ2) is 5.11. The third kappa shape index (κ3) is 2.29. The summed E-state index contributed by atoms with van der Waals surface area (Å²) >= 11 is 6.05. The summed E-state index contributed by atoms with van der Waals surface area (Å²) in [6.45, 7) is 0.607. The molecule has 2 aromatic rings. The van der Waals surface area contributed by atoms with Crippen molar-refractivity contribution in [3.8, 4) is 0 Å². The Kier molecular flexibility index (Phi) is 3.41. The SMILES string of the molecule is Cn1ncc(N2CCc3c(F)ccc(F)c3C2)c(Cl)c1=O. The van der Waals surface area contributed by atoms with Gasteiger partial charge in [-0.05, 0) is 24.1 Å². The maximum Gasteiger partial charge on any atom is 0.287 e. The molecule has 1 aliphatic rings. The van der Waals surface area contributed by atoms with Crippen molar-refractivity contribution in [1.29, 1.82) is 0 Å². The van der Waals surface area contributed by atoms with Gasteiger partial charge in [0.05, 0.1) is 11.9 Å². The molecule has 21 heavy (non-hydrogen) atoms. The van der Waals surface area contributed by atoms with Gasteiger partial charge in [-0.1, -0.05) is 11.6 Å². The molecule has 0 aliphatic carbocycles. The van der Waals surface area contributed by atoms with Crippen LogP contribution in [0.4, 0.5) is 14.5 Å². The van der Waals surface area contributed by atoms with E-state index in [0.717, 1.165) is 16.8 Å². The summed E-state index contributed by atoms with van der Waals surface area (Å²) < 4.78 is 28.7. The fourth-order valence-electron chi connectivity index (χ4n) is 2.52. The second-order valence-corrected chi connectivity index (χ2v) is 5.31. The third-order valence-corrected chi connectivity index (χ3v) is 4.05. The molecular weight excluding hydrogens is 300 g/mol. The first-order chi connectivity index (χ1) is 9.99. The molecule has 0 amide bonds. The van der Waals surface area contributed by atoms with Crippen LogP contribution < -0.4 is 10.5 Å². The van der Waals surface area contributed by atoms with E-state index in [0.29, 0.717) is 29.8 Å². The molecule has 1 aromatic carbocycles. The zero-order valence-corrected chi connectivity index (χ0v) is 12.0. The molecule has 7 heteroatoms. The average molecular weight is 312 g/mol. The quantitative estimate of drug-likeness (QED) is 0.811. The van der Waals surface area contributed by atoms with Gasteiger partial charge in [-0.2, -0.15) is 5.10 Å². The van der Waals surface area contributed by atoms with Gasteiger partial charge in [-0.15, -0.1) is 0 Å². The highest BCUT2D eigenvalue weighted by Gasteiger charge is 2.24. The number of hydrogen-bond acceptors (Lipinski definition) is 3. The molecule has 0 radical (unpaired) electrons. The van der Waals surface area contributed by atoms with Crippen LogP contribution >= 0.6 is 11.6 Å². The summed E-state index contributed by atoms with van der Waals surface area (Å²) in [5, 5.41) is 3.96.